The molecule has 3 nitrogen and oxygen atoms in total. The van der Waals surface area contributed by atoms with Crippen LogP contribution in [0.25, 0.3) is 0 Å². The first-order chi connectivity index (χ1) is 8.16. The number of carbonyl (C=O) groups excluding carboxylic acids is 1. The zero-order chi connectivity index (χ0) is 12.3. The van der Waals surface area contributed by atoms with Crippen molar-refractivity contribution in [1.82, 2.24) is 10.2 Å². The maximum absolute atomic E-state index is 13.0. The highest BCUT2D eigenvalue weighted by molar-refractivity contribution is 5.85. The zero-order valence-corrected chi connectivity index (χ0v) is 11.2. The third-order valence-electron chi connectivity index (χ3n) is 3.07. The van der Waals surface area contributed by atoms with Crippen molar-refractivity contribution in [3.05, 3.63) is 35.6 Å². The molecular weight excluding hydrogens is 255 g/mol. The lowest BCUT2D eigenvalue weighted by Crippen LogP contribution is -2.52. The van der Waals surface area contributed by atoms with Gasteiger partial charge in [-0.15, -0.1) is 12.4 Å². The SMILES string of the molecule is CC1CNCCN1C(=O)Cc1cccc(F)c1.Cl. The smallest absolute Gasteiger partial charge is 0.227 e. The van der Waals surface area contributed by atoms with Crippen LogP contribution < -0.4 is 5.32 Å². The summed E-state index contributed by atoms with van der Waals surface area (Å²) in [6.07, 6.45) is 0.280. The molecule has 0 aromatic heterocycles. The highest BCUT2D eigenvalue weighted by Gasteiger charge is 2.22. The van der Waals surface area contributed by atoms with Crippen molar-refractivity contribution in [2.24, 2.45) is 0 Å². The molecule has 1 atom stereocenters. The van der Waals surface area contributed by atoms with Gasteiger partial charge in [0.15, 0.2) is 0 Å². The van der Waals surface area contributed by atoms with E-state index in [4.69, 9.17) is 0 Å². The van der Waals surface area contributed by atoms with Gasteiger partial charge in [-0.25, -0.2) is 4.39 Å². The molecule has 1 aromatic carbocycles. The van der Waals surface area contributed by atoms with Gasteiger partial charge in [0.2, 0.25) is 5.91 Å². The fraction of sp³-hybridized carbons (Fsp3) is 0.462. The van der Waals surface area contributed by atoms with E-state index >= 15 is 0 Å². The quantitative estimate of drug-likeness (QED) is 0.887. The largest absolute Gasteiger partial charge is 0.337 e. The molecule has 1 unspecified atom stereocenters. The van der Waals surface area contributed by atoms with Crippen molar-refractivity contribution in [3.8, 4) is 0 Å². The van der Waals surface area contributed by atoms with Crippen molar-refractivity contribution in [3.63, 3.8) is 0 Å². The third kappa shape index (κ3) is 3.68. The fourth-order valence-electron chi connectivity index (χ4n) is 2.13. The maximum Gasteiger partial charge on any atom is 0.227 e. The van der Waals surface area contributed by atoms with Gasteiger partial charge in [-0.2, -0.15) is 0 Å². The molecule has 100 valence electrons. The number of amides is 1. The van der Waals surface area contributed by atoms with Gasteiger partial charge in [-0.1, -0.05) is 12.1 Å². The summed E-state index contributed by atoms with van der Waals surface area (Å²) >= 11 is 0. The molecule has 1 fully saturated rings. The minimum absolute atomic E-state index is 0. The van der Waals surface area contributed by atoms with Crippen LogP contribution in [-0.4, -0.2) is 36.5 Å². The van der Waals surface area contributed by atoms with Gasteiger partial charge in [0, 0.05) is 25.7 Å². The van der Waals surface area contributed by atoms with E-state index in [0.717, 1.165) is 25.2 Å². The predicted octanol–water partition coefficient (Wildman–Crippen LogP) is 1.61. The molecule has 0 spiro atoms. The average Bonchev–Trinajstić information content (AvgIpc) is 2.29. The topological polar surface area (TPSA) is 32.3 Å². The first-order valence-electron chi connectivity index (χ1n) is 5.91. The molecule has 1 aromatic rings. The van der Waals surface area contributed by atoms with Gasteiger partial charge < -0.3 is 10.2 Å². The van der Waals surface area contributed by atoms with E-state index in [1.807, 2.05) is 11.8 Å². The third-order valence-corrected chi connectivity index (χ3v) is 3.07. The Morgan fingerprint density at radius 2 is 2.33 bits per heavy atom. The summed E-state index contributed by atoms with van der Waals surface area (Å²) in [5, 5.41) is 3.24. The van der Waals surface area contributed by atoms with Crippen molar-refractivity contribution >= 4 is 18.3 Å². The normalized spacial score (nSPS) is 19.2. The summed E-state index contributed by atoms with van der Waals surface area (Å²) in [5.74, 6) is -0.215. The van der Waals surface area contributed by atoms with Crippen LogP contribution in [0.5, 0.6) is 0 Å². The summed E-state index contributed by atoms with van der Waals surface area (Å²) in [5.41, 5.74) is 0.737. The minimum atomic E-state index is -0.288. The van der Waals surface area contributed by atoms with Crippen molar-refractivity contribution in [2.45, 2.75) is 19.4 Å². The van der Waals surface area contributed by atoms with Crippen molar-refractivity contribution in [2.75, 3.05) is 19.6 Å². The Morgan fingerprint density at radius 1 is 1.56 bits per heavy atom. The summed E-state index contributed by atoms with van der Waals surface area (Å²) in [4.78, 5) is 13.9. The Hall–Kier alpha value is -1.13. The number of nitrogens with one attached hydrogen (secondary N) is 1. The van der Waals surface area contributed by atoms with Crippen LogP contribution in [0, 0.1) is 5.82 Å². The number of hydrogen-bond acceptors (Lipinski definition) is 2. The van der Waals surface area contributed by atoms with Crippen LogP contribution >= 0.6 is 12.4 Å². The zero-order valence-electron chi connectivity index (χ0n) is 10.4. The molecule has 18 heavy (non-hydrogen) atoms. The van der Waals surface area contributed by atoms with Crippen LogP contribution in [0.15, 0.2) is 24.3 Å². The lowest BCUT2D eigenvalue weighted by Gasteiger charge is -2.34. The monoisotopic (exact) mass is 272 g/mol. The number of piperazine rings is 1. The molecular formula is C13H18ClFN2O. The Balaban J connectivity index is 0.00000162. The second-order valence-corrected chi connectivity index (χ2v) is 4.45. The number of rotatable bonds is 2. The summed E-state index contributed by atoms with van der Waals surface area (Å²) < 4.78 is 13.0. The fourth-order valence-corrected chi connectivity index (χ4v) is 2.13. The van der Waals surface area contributed by atoms with Gasteiger partial charge in [0.1, 0.15) is 5.82 Å². The van der Waals surface area contributed by atoms with Crippen LogP contribution in [0.2, 0.25) is 0 Å². The van der Waals surface area contributed by atoms with Gasteiger partial charge in [0.05, 0.1) is 6.42 Å². The highest BCUT2D eigenvalue weighted by Crippen LogP contribution is 2.09. The van der Waals surface area contributed by atoms with E-state index in [0.29, 0.717) is 0 Å². The summed E-state index contributed by atoms with van der Waals surface area (Å²) in [6, 6.07) is 6.45. The van der Waals surface area contributed by atoms with Crippen molar-refractivity contribution < 1.29 is 9.18 Å². The standard InChI is InChI=1S/C13H17FN2O.ClH/c1-10-9-15-5-6-16(10)13(17)8-11-3-2-4-12(14)7-11;/h2-4,7,10,15H,5-6,8-9H2,1H3;1H. The number of halogens is 2. The van der Waals surface area contributed by atoms with Crippen LogP contribution in [0.3, 0.4) is 0 Å². The van der Waals surface area contributed by atoms with Crippen molar-refractivity contribution in [1.29, 1.82) is 0 Å². The average molecular weight is 273 g/mol. The van der Waals surface area contributed by atoms with Gasteiger partial charge in [-0.3, -0.25) is 4.79 Å². The van der Waals surface area contributed by atoms with E-state index in [1.165, 1.54) is 12.1 Å². The van der Waals surface area contributed by atoms with Crippen LogP contribution in [0.1, 0.15) is 12.5 Å². The Labute approximate surface area is 113 Å². The van der Waals surface area contributed by atoms with Gasteiger partial charge in [-0.05, 0) is 24.6 Å². The summed E-state index contributed by atoms with van der Waals surface area (Å²) in [7, 11) is 0. The molecule has 1 saturated heterocycles. The second kappa shape index (κ2) is 6.71. The molecule has 0 saturated carbocycles. The number of benzene rings is 1. The van der Waals surface area contributed by atoms with E-state index in [-0.39, 0.29) is 36.6 Å². The lowest BCUT2D eigenvalue weighted by atomic mass is 10.1. The van der Waals surface area contributed by atoms with Crippen LogP contribution in [0.4, 0.5) is 4.39 Å². The van der Waals surface area contributed by atoms with Gasteiger partial charge in [0.25, 0.3) is 0 Å². The number of carbonyl (C=O) groups is 1. The van der Waals surface area contributed by atoms with E-state index < -0.39 is 0 Å². The second-order valence-electron chi connectivity index (χ2n) is 4.45. The first-order valence-corrected chi connectivity index (χ1v) is 5.91. The molecule has 0 bridgehead atoms. The van der Waals surface area contributed by atoms with Crippen LogP contribution in [-0.2, 0) is 11.2 Å². The molecule has 2 rings (SSSR count). The first kappa shape index (κ1) is 14.9. The maximum atomic E-state index is 13.0. The molecule has 5 heteroatoms. The predicted molar refractivity (Wildman–Crippen MR) is 71.4 cm³/mol. The molecule has 1 aliphatic rings. The van der Waals surface area contributed by atoms with E-state index in [2.05, 4.69) is 5.32 Å². The molecule has 1 N–H and O–H groups in total. The lowest BCUT2D eigenvalue weighted by molar-refractivity contribution is -0.133. The molecule has 0 aliphatic carbocycles. The van der Waals surface area contributed by atoms with E-state index in [9.17, 15) is 9.18 Å². The molecule has 0 radical (unpaired) electrons. The van der Waals surface area contributed by atoms with E-state index in [1.54, 1.807) is 12.1 Å². The summed E-state index contributed by atoms with van der Waals surface area (Å²) in [6.45, 7) is 4.42. The minimum Gasteiger partial charge on any atom is -0.337 e. The number of nitrogens with zero attached hydrogens (tertiary/aromatic N) is 1. The molecule has 1 heterocycles. The Bertz CT molecular complexity index is 414. The van der Waals surface area contributed by atoms with Gasteiger partial charge >= 0.3 is 0 Å². The molecule has 1 amide bonds. The Morgan fingerprint density at radius 3 is 3.00 bits per heavy atom. The Kier molecular flexibility index (Phi) is 5.56. The highest BCUT2D eigenvalue weighted by atomic mass is 35.5. The molecule has 1 aliphatic heterocycles. The number of hydrogen-bond donors (Lipinski definition) is 1.